The number of fused-ring (bicyclic) bond motifs is 1. The summed E-state index contributed by atoms with van der Waals surface area (Å²) in [5.41, 5.74) is 5.99. The van der Waals surface area contributed by atoms with Crippen LogP contribution in [0, 0.1) is 12.7 Å². The molecule has 13 heteroatoms. The molecule has 2 aromatic carbocycles. The lowest BCUT2D eigenvalue weighted by Crippen LogP contribution is -2.41. The van der Waals surface area contributed by atoms with Gasteiger partial charge in [0.05, 0.1) is 21.2 Å². The van der Waals surface area contributed by atoms with Crippen LogP contribution in [0.1, 0.15) is 50.6 Å². The van der Waals surface area contributed by atoms with Crippen molar-refractivity contribution in [3.8, 4) is 0 Å². The zero-order valence-corrected chi connectivity index (χ0v) is 21.0. The smallest absolute Gasteiger partial charge is 0.305 e. The van der Waals surface area contributed by atoms with E-state index in [2.05, 4.69) is 20.8 Å². The average molecular weight is 553 g/mol. The fourth-order valence-electron chi connectivity index (χ4n) is 3.69. The Bertz CT molecular complexity index is 1490. The lowest BCUT2D eigenvalue weighted by Gasteiger charge is -2.14. The largest absolute Gasteiger partial charge is 0.455 e. The van der Waals surface area contributed by atoms with Gasteiger partial charge in [0.15, 0.2) is 5.76 Å². The molecule has 0 atom stereocenters. The number of rotatable bonds is 5. The molecule has 188 valence electrons. The van der Waals surface area contributed by atoms with Crippen molar-refractivity contribution in [3.63, 3.8) is 0 Å². The van der Waals surface area contributed by atoms with Crippen LogP contribution in [0.15, 0.2) is 56.9 Å². The number of carbonyl (C=O) groups is 2. The number of amides is 2. The molecule has 0 bridgehead atoms. The van der Waals surface area contributed by atoms with Crippen molar-refractivity contribution in [1.29, 1.82) is 0 Å². The zero-order chi connectivity index (χ0) is 26.0. The number of halogens is 3. The highest BCUT2D eigenvalue weighted by Gasteiger charge is 2.29. The van der Waals surface area contributed by atoms with Gasteiger partial charge < -0.3 is 4.42 Å². The number of hydrogen-bond acceptors (Lipinski definition) is 6. The third-order valence-corrected chi connectivity index (χ3v) is 7.19. The van der Waals surface area contributed by atoms with Gasteiger partial charge in [0, 0.05) is 22.6 Å². The first-order chi connectivity index (χ1) is 17.1. The zero-order valence-electron chi connectivity index (χ0n) is 18.7. The minimum Gasteiger partial charge on any atom is -0.455 e. The molecule has 1 heterocycles. The summed E-state index contributed by atoms with van der Waals surface area (Å²) in [5, 5.41) is 4.53. The summed E-state index contributed by atoms with van der Waals surface area (Å²) in [6.45, 7) is 1.63. The molecule has 1 aliphatic carbocycles. The summed E-state index contributed by atoms with van der Waals surface area (Å²) < 4.78 is 43.9. The number of nitrogens with zero attached hydrogens (tertiary/aromatic N) is 1. The predicted octanol–water partition coefficient (Wildman–Crippen LogP) is 4.13. The molecule has 0 unspecified atom stereocenters. The molecular formula is C23H19Cl2FN4O5S. The SMILES string of the molecule is Cc1c(C(=O)NNC(=O)c2ccc(Cl)cc2Cl)oc2c1/C(=N/NS(=O)(=O)c1ccc(F)cc1)CCC2. The Morgan fingerprint density at radius 1 is 1.03 bits per heavy atom. The maximum absolute atomic E-state index is 13.1. The summed E-state index contributed by atoms with van der Waals surface area (Å²) in [6.07, 6.45) is 1.57. The van der Waals surface area contributed by atoms with Crippen molar-refractivity contribution < 1.29 is 26.8 Å². The Kier molecular flexibility index (Phi) is 7.34. The Hall–Kier alpha value is -3.41. The van der Waals surface area contributed by atoms with Gasteiger partial charge in [-0.15, -0.1) is 0 Å². The van der Waals surface area contributed by atoms with Crippen molar-refractivity contribution in [2.24, 2.45) is 5.10 Å². The summed E-state index contributed by atoms with van der Waals surface area (Å²) in [6, 6.07) is 8.62. The van der Waals surface area contributed by atoms with Crippen LogP contribution < -0.4 is 15.7 Å². The highest BCUT2D eigenvalue weighted by atomic mass is 35.5. The highest BCUT2D eigenvalue weighted by molar-refractivity contribution is 7.89. The summed E-state index contributed by atoms with van der Waals surface area (Å²) in [4.78, 5) is 27.1. The van der Waals surface area contributed by atoms with Crippen molar-refractivity contribution in [1.82, 2.24) is 15.7 Å². The topological polar surface area (TPSA) is 130 Å². The third kappa shape index (κ3) is 5.38. The summed E-state index contributed by atoms with van der Waals surface area (Å²) >= 11 is 11.9. The van der Waals surface area contributed by atoms with E-state index in [1.165, 1.54) is 18.2 Å². The molecule has 0 radical (unpaired) electrons. The Morgan fingerprint density at radius 3 is 2.42 bits per heavy atom. The second-order valence-electron chi connectivity index (χ2n) is 7.85. The van der Waals surface area contributed by atoms with E-state index in [1.807, 2.05) is 0 Å². The first-order valence-electron chi connectivity index (χ1n) is 10.6. The average Bonchev–Trinajstić information content (AvgIpc) is 3.18. The summed E-state index contributed by atoms with van der Waals surface area (Å²) in [5.74, 6) is -1.53. The van der Waals surface area contributed by atoms with Gasteiger partial charge in [0.25, 0.3) is 15.9 Å². The Labute approximate surface area is 215 Å². The van der Waals surface area contributed by atoms with Crippen molar-refractivity contribution in [2.75, 3.05) is 0 Å². The van der Waals surface area contributed by atoms with Gasteiger partial charge in [-0.1, -0.05) is 23.2 Å². The van der Waals surface area contributed by atoms with Crippen LogP contribution in [0.4, 0.5) is 4.39 Å². The lowest BCUT2D eigenvalue weighted by atomic mass is 9.93. The number of furan rings is 1. The van der Waals surface area contributed by atoms with Crippen molar-refractivity contribution >= 4 is 50.8 Å². The number of hydrogen-bond donors (Lipinski definition) is 3. The first-order valence-corrected chi connectivity index (χ1v) is 12.8. The molecule has 0 spiro atoms. The maximum atomic E-state index is 13.1. The minimum absolute atomic E-state index is 0.0569. The van der Waals surface area contributed by atoms with Gasteiger partial charge in [0.2, 0.25) is 0 Å². The van der Waals surface area contributed by atoms with Crippen LogP contribution in [0.2, 0.25) is 10.0 Å². The van der Waals surface area contributed by atoms with Crippen LogP contribution in [0.3, 0.4) is 0 Å². The molecule has 4 rings (SSSR count). The Morgan fingerprint density at radius 2 is 1.72 bits per heavy atom. The molecular weight excluding hydrogens is 534 g/mol. The molecule has 0 fully saturated rings. The molecule has 2 amide bonds. The molecule has 0 aliphatic heterocycles. The van der Waals surface area contributed by atoms with Crippen LogP contribution in [-0.4, -0.2) is 25.9 Å². The van der Waals surface area contributed by atoms with Gasteiger partial charge in [0.1, 0.15) is 11.6 Å². The van der Waals surface area contributed by atoms with Crippen LogP contribution in [0.5, 0.6) is 0 Å². The van der Waals surface area contributed by atoms with Crippen molar-refractivity contribution in [2.45, 2.75) is 31.1 Å². The monoisotopic (exact) mass is 552 g/mol. The second-order valence-corrected chi connectivity index (χ2v) is 10.4. The number of hydrazone groups is 1. The predicted molar refractivity (Wildman–Crippen MR) is 131 cm³/mol. The fraction of sp³-hybridized carbons (Fsp3) is 0.174. The molecule has 3 N–H and O–H groups in total. The van der Waals surface area contributed by atoms with Crippen LogP contribution >= 0.6 is 23.2 Å². The number of sulfonamides is 1. The van der Waals surface area contributed by atoms with E-state index in [-0.39, 0.29) is 21.2 Å². The number of hydrazine groups is 1. The standard InChI is InChI=1S/C23H19Cl2FN4O5S/c1-12-20-18(27-30-36(33,34)15-8-6-14(26)7-9-15)3-2-4-19(20)35-21(12)23(32)29-28-22(31)16-10-5-13(24)11-17(16)25/h5-11,30H,2-4H2,1H3,(H,28,31)(H,29,32)/b27-18+. The van der Waals surface area contributed by atoms with Crippen LogP contribution in [-0.2, 0) is 16.4 Å². The van der Waals surface area contributed by atoms with E-state index >= 15 is 0 Å². The van der Waals surface area contributed by atoms with Gasteiger partial charge in [-0.3, -0.25) is 20.4 Å². The molecule has 1 aliphatic rings. The number of aryl methyl sites for hydroxylation is 1. The Balaban J connectivity index is 1.51. The van der Waals surface area contributed by atoms with Gasteiger partial charge >= 0.3 is 5.91 Å². The van der Waals surface area contributed by atoms with Gasteiger partial charge in [-0.05, 0) is 62.2 Å². The third-order valence-electron chi connectivity index (χ3n) is 5.42. The van der Waals surface area contributed by atoms with Crippen molar-refractivity contribution in [3.05, 3.63) is 86.5 Å². The molecule has 36 heavy (non-hydrogen) atoms. The van der Waals surface area contributed by atoms with Gasteiger partial charge in [-0.25, -0.2) is 4.39 Å². The highest BCUT2D eigenvalue weighted by Crippen LogP contribution is 2.30. The molecule has 1 aromatic heterocycles. The van der Waals surface area contributed by atoms with E-state index in [4.69, 9.17) is 27.6 Å². The second kappa shape index (κ2) is 10.3. The fourth-order valence-corrected chi connectivity index (χ4v) is 5.01. The minimum atomic E-state index is -4.03. The van der Waals surface area contributed by atoms with E-state index in [1.54, 1.807) is 6.92 Å². The van der Waals surface area contributed by atoms with E-state index in [0.29, 0.717) is 46.9 Å². The maximum Gasteiger partial charge on any atom is 0.305 e. The first kappa shape index (κ1) is 25.7. The molecule has 0 saturated heterocycles. The summed E-state index contributed by atoms with van der Waals surface area (Å²) in [7, 11) is -4.03. The van der Waals surface area contributed by atoms with E-state index in [9.17, 15) is 22.4 Å². The number of nitrogens with one attached hydrogen (secondary N) is 3. The quantitative estimate of drug-likeness (QED) is 0.410. The molecule has 0 saturated carbocycles. The molecule has 3 aromatic rings. The van der Waals surface area contributed by atoms with Crippen LogP contribution in [0.25, 0.3) is 0 Å². The van der Waals surface area contributed by atoms with E-state index in [0.717, 1.165) is 24.3 Å². The molecule has 9 nitrogen and oxygen atoms in total. The number of carbonyl (C=O) groups excluding carboxylic acids is 2. The normalized spacial score (nSPS) is 14.3. The van der Waals surface area contributed by atoms with E-state index < -0.39 is 27.7 Å². The lowest BCUT2D eigenvalue weighted by molar-refractivity contribution is 0.0829. The van der Waals surface area contributed by atoms with Gasteiger partial charge in [-0.2, -0.15) is 18.4 Å². The number of benzene rings is 2.